The van der Waals surface area contributed by atoms with E-state index in [0.717, 1.165) is 28.0 Å². The summed E-state index contributed by atoms with van der Waals surface area (Å²) >= 11 is 0. The van der Waals surface area contributed by atoms with E-state index in [2.05, 4.69) is 10.1 Å². The fourth-order valence-corrected chi connectivity index (χ4v) is 3.06. The molecule has 3 aromatic rings. The highest BCUT2D eigenvalue weighted by Crippen LogP contribution is 2.23. The standard InChI is InChI=1S/C23H27N3O3/c1-6-19(28-20-12-8-10-16(3)17(20)4)23(27)26(5)14-21-24-22(25-29-21)18-11-7-9-15(2)13-18/h7-13,19H,6,14H2,1-5H3/t19-/m0/s1. The normalized spacial score (nSPS) is 11.9. The molecule has 0 N–H and O–H groups in total. The van der Waals surface area contributed by atoms with Gasteiger partial charge in [0, 0.05) is 12.6 Å². The van der Waals surface area contributed by atoms with E-state index in [9.17, 15) is 4.79 Å². The predicted molar refractivity (Wildman–Crippen MR) is 112 cm³/mol. The second-order valence-corrected chi connectivity index (χ2v) is 7.29. The summed E-state index contributed by atoms with van der Waals surface area (Å²) in [7, 11) is 1.72. The van der Waals surface area contributed by atoms with Gasteiger partial charge >= 0.3 is 0 Å². The van der Waals surface area contributed by atoms with Crippen molar-refractivity contribution < 1.29 is 14.1 Å². The van der Waals surface area contributed by atoms with Gasteiger partial charge in [-0.25, -0.2) is 0 Å². The molecule has 2 aromatic carbocycles. The van der Waals surface area contributed by atoms with E-state index in [0.29, 0.717) is 18.1 Å². The van der Waals surface area contributed by atoms with Crippen molar-refractivity contribution >= 4 is 5.91 Å². The average molecular weight is 393 g/mol. The molecule has 0 bridgehead atoms. The van der Waals surface area contributed by atoms with E-state index < -0.39 is 6.10 Å². The lowest BCUT2D eigenvalue weighted by Crippen LogP contribution is -2.39. The van der Waals surface area contributed by atoms with Crippen LogP contribution >= 0.6 is 0 Å². The van der Waals surface area contributed by atoms with E-state index in [1.165, 1.54) is 0 Å². The van der Waals surface area contributed by atoms with Crippen LogP contribution in [0.25, 0.3) is 11.4 Å². The summed E-state index contributed by atoms with van der Waals surface area (Å²) in [6.07, 6.45) is -0.00534. The van der Waals surface area contributed by atoms with Gasteiger partial charge in [-0.05, 0) is 50.5 Å². The summed E-state index contributed by atoms with van der Waals surface area (Å²) < 4.78 is 11.4. The number of amides is 1. The van der Waals surface area contributed by atoms with Gasteiger partial charge < -0.3 is 14.2 Å². The number of hydrogen-bond donors (Lipinski definition) is 0. The Morgan fingerprint density at radius 3 is 2.66 bits per heavy atom. The molecule has 0 spiro atoms. The Labute approximate surface area is 171 Å². The van der Waals surface area contributed by atoms with Crippen molar-refractivity contribution in [2.45, 2.75) is 46.8 Å². The maximum absolute atomic E-state index is 12.9. The quantitative estimate of drug-likeness (QED) is 0.592. The van der Waals surface area contributed by atoms with Gasteiger partial charge in [-0.15, -0.1) is 0 Å². The topological polar surface area (TPSA) is 68.5 Å². The Bertz CT molecular complexity index is 997. The van der Waals surface area contributed by atoms with Gasteiger partial charge in [0.1, 0.15) is 5.75 Å². The molecule has 1 heterocycles. The minimum atomic E-state index is -0.570. The summed E-state index contributed by atoms with van der Waals surface area (Å²) in [5.41, 5.74) is 4.18. The van der Waals surface area contributed by atoms with Gasteiger partial charge in [-0.1, -0.05) is 48.0 Å². The monoisotopic (exact) mass is 393 g/mol. The van der Waals surface area contributed by atoms with Crippen molar-refractivity contribution in [3.63, 3.8) is 0 Å². The molecule has 0 unspecified atom stereocenters. The van der Waals surface area contributed by atoms with Crippen molar-refractivity contribution in [1.82, 2.24) is 15.0 Å². The predicted octanol–water partition coefficient (Wildman–Crippen LogP) is 4.48. The van der Waals surface area contributed by atoms with Gasteiger partial charge in [0.05, 0.1) is 6.54 Å². The summed E-state index contributed by atoms with van der Waals surface area (Å²) in [5, 5.41) is 4.04. The number of benzene rings is 2. The lowest BCUT2D eigenvalue weighted by atomic mass is 10.1. The Hall–Kier alpha value is -3.15. The summed E-state index contributed by atoms with van der Waals surface area (Å²) in [6, 6.07) is 13.7. The number of rotatable bonds is 7. The Balaban J connectivity index is 1.68. The second kappa shape index (κ2) is 8.90. The number of ether oxygens (including phenoxy) is 1. The van der Waals surface area contributed by atoms with Crippen molar-refractivity contribution in [2.24, 2.45) is 0 Å². The SMILES string of the molecule is CC[C@H](Oc1cccc(C)c1C)C(=O)N(C)Cc1nc(-c2cccc(C)c2)no1. The first-order valence-corrected chi connectivity index (χ1v) is 9.76. The van der Waals surface area contributed by atoms with Crippen molar-refractivity contribution in [1.29, 1.82) is 0 Å². The first-order valence-electron chi connectivity index (χ1n) is 9.76. The first kappa shape index (κ1) is 20.6. The highest BCUT2D eigenvalue weighted by molar-refractivity contribution is 5.81. The molecule has 6 heteroatoms. The maximum atomic E-state index is 12.9. The number of carbonyl (C=O) groups excluding carboxylic acids is 1. The number of hydrogen-bond acceptors (Lipinski definition) is 5. The second-order valence-electron chi connectivity index (χ2n) is 7.29. The minimum absolute atomic E-state index is 0.122. The fraction of sp³-hybridized carbons (Fsp3) is 0.348. The summed E-state index contributed by atoms with van der Waals surface area (Å²) in [6.45, 7) is 8.20. The number of aromatic nitrogens is 2. The molecule has 0 radical (unpaired) electrons. The molecule has 6 nitrogen and oxygen atoms in total. The zero-order valence-electron chi connectivity index (χ0n) is 17.6. The van der Waals surface area contributed by atoms with Gasteiger partial charge in [-0.3, -0.25) is 4.79 Å². The highest BCUT2D eigenvalue weighted by atomic mass is 16.5. The van der Waals surface area contributed by atoms with E-state index in [1.54, 1.807) is 11.9 Å². The number of carbonyl (C=O) groups is 1. The van der Waals surface area contributed by atoms with Crippen LogP contribution < -0.4 is 4.74 Å². The molecule has 0 aliphatic carbocycles. The molecule has 3 rings (SSSR count). The molecule has 1 amide bonds. The lowest BCUT2D eigenvalue weighted by molar-refractivity contribution is -0.138. The first-order chi connectivity index (χ1) is 13.9. The minimum Gasteiger partial charge on any atom is -0.480 e. The summed E-state index contributed by atoms with van der Waals surface area (Å²) in [4.78, 5) is 18.9. The molecule has 1 aromatic heterocycles. The van der Waals surface area contributed by atoms with Crippen LogP contribution in [0.4, 0.5) is 0 Å². The van der Waals surface area contributed by atoms with Gasteiger partial charge in [0.2, 0.25) is 11.7 Å². The van der Waals surface area contributed by atoms with E-state index in [4.69, 9.17) is 9.26 Å². The van der Waals surface area contributed by atoms with Gasteiger partial charge in [0.25, 0.3) is 5.91 Å². The third kappa shape index (κ3) is 4.83. The van der Waals surface area contributed by atoms with E-state index in [1.807, 2.05) is 70.2 Å². The van der Waals surface area contributed by atoms with Gasteiger partial charge in [0.15, 0.2) is 6.10 Å². The van der Waals surface area contributed by atoms with Crippen LogP contribution in [0.15, 0.2) is 47.0 Å². The average Bonchev–Trinajstić information content (AvgIpc) is 3.17. The van der Waals surface area contributed by atoms with Crippen molar-refractivity contribution in [3.8, 4) is 17.1 Å². The molecule has 0 fully saturated rings. The largest absolute Gasteiger partial charge is 0.480 e. The number of likely N-dealkylation sites (N-methyl/N-ethyl adjacent to an activating group) is 1. The van der Waals surface area contributed by atoms with Crippen LogP contribution in [0, 0.1) is 20.8 Å². The molecular weight excluding hydrogens is 366 g/mol. The highest BCUT2D eigenvalue weighted by Gasteiger charge is 2.24. The lowest BCUT2D eigenvalue weighted by Gasteiger charge is -2.23. The van der Waals surface area contributed by atoms with Crippen LogP contribution in [-0.4, -0.2) is 34.1 Å². The zero-order valence-corrected chi connectivity index (χ0v) is 17.6. The molecule has 29 heavy (non-hydrogen) atoms. The van der Waals surface area contributed by atoms with Crippen molar-refractivity contribution in [3.05, 3.63) is 65.0 Å². The van der Waals surface area contributed by atoms with Crippen LogP contribution in [0.5, 0.6) is 5.75 Å². The molecular formula is C23H27N3O3. The van der Waals surface area contributed by atoms with Crippen molar-refractivity contribution in [2.75, 3.05) is 7.05 Å². The molecule has 0 aliphatic rings. The Morgan fingerprint density at radius 1 is 1.17 bits per heavy atom. The maximum Gasteiger partial charge on any atom is 0.263 e. The smallest absolute Gasteiger partial charge is 0.263 e. The van der Waals surface area contributed by atoms with Crippen LogP contribution in [0.2, 0.25) is 0 Å². The molecule has 1 atom stereocenters. The van der Waals surface area contributed by atoms with Crippen LogP contribution in [0.1, 0.15) is 35.9 Å². The molecule has 0 saturated heterocycles. The van der Waals surface area contributed by atoms with E-state index in [-0.39, 0.29) is 12.5 Å². The fourth-order valence-electron chi connectivity index (χ4n) is 3.06. The molecule has 152 valence electrons. The number of nitrogens with zero attached hydrogens (tertiary/aromatic N) is 3. The summed E-state index contributed by atoms with van der Waals surface area (Å²) in [5.74, 6) is 1.52. The third-order valence-electron chi connectivity index (χ3n) is 4.96. The van der Waals surface area contributed by atoms with Crippen LogP contribution in [-0.2, 0) is 11.3 Å². The van der Waals surface area contributed by atoms with E-state index >= 15 is 0 Å². The van der Waals surface area contributed by atoms with Gasteiger partial charge in [-0.2, -0.15) is 4.98 Å². The zero-order chi connectivity index (χ0) is 21.0. The Kier molecular flexibility index (Phi) is 6.32. The third-order valence-corrected chi connectivity index (χ3v) is 4.96. The number of aryl methyl sites for hydroxylation is 2. The van der Waals surface area contributed by atoms with Crippen LogP contribution in [0.3, 0.4) is 0 Å². The molecule has 0 saturated carbocycles. The molecule has 0 aliphatic heterocycles. The Morgan fingerprint density at radius 2 is 1.93 bits per heavy atom.